The van der Waals surface area contributed by atoms with Gasteiger partial charge in [0.05, 0.1) is 4.90 Å². The van der Waals surface area contributed by atoms with Gasteiger partial charge in [0, 0.05) is 32.2 Å². The highest BCUT2D eigenvalue weighted by atomic mass is 32.2. The number of nitrogens with zero attached hydrogens (tertiary/aromatic N) is 2. The molecule has 2 N–H and O–H groups in total. The molecule has 3 amide bonds. The standard InChI is InChI=1S/C29H36N4O4S/c1-3-4-16-30-29(35)33-18-17-32(21-22(33)2)28(34)27(19-23-10-6-5-7-11-23)31-38(36,37)26-15-14-24-12-8-9-13-25(24)20-26/h5-15,20,22,27,31H,3-4,16-19,21H2,1-2H3,(H,30,35). The summed E-state index contributed by atoms with van der Waals surface area (Å²) in [6, 6.07) is 20.6. The van der Waals surface area contributed by atoms with Gasteiger partial charge in [0.25, 0.3) is 0 Å². The Bertz CT molecular complexity index is 1360. The molecule has 0 aromatic heterocycles. The maximum Gasteiger partial charge on any atom is 0.317 e. The third-order valence-corrected chi connectivity index (χ3v) is 8.39. The van der Waals surface area contributed by atoms with E-state index in [9.17, 15) is 18.0 Å². The molecule has 1 aliphatic rings. The largest absolute Gasteiger partial charge is 0.338 e. The molecular weight excluding hydrogens is 500 g/mol. The number of carbonyl (C=O) groups excluding carboxylic acids is 2. The molecule has 1 heterocycles. The van der Waals surface area contributed by atoms with Gasteiger partial charge in [0.2, 0.25) is 15.9 Å². The molecule has 3 aromatic rings. The summed E-state index contributed by atoms with van der Waals surface area (Å²) in [5.74, 6) is -0.295. The van der Waals surface area contributed by atoms with E-state index in [1.807, 2.05) is 61.5 Å². The van der Waals surface area contributed by atoms with Crippen LogP contribution in [0.4, 0.5) is 4.79 Å². The van der Waals surface area contributed by atoms with E-state index in [0.29, 0.717) is 26.2 Å². The minimum absolute atomic E-state index is 0.115. The van der Waals surface area contributed by atoms with E-state index in [-0.39, 0.29) is 29.3 Å². The molecule has 0 aliphatic carbocycles. The van der Waals surface area contributed by atoms with Gasteiger partial charge in [-0.2, -0.15) is 4.72 Å². The van der Waals surface area contributed by atoms with Crippen molar-refractivity contribution >= 4 is 32.7 Å². The van der Waals surface area contributed by atoms with Crippen LogP contribution >= 0.6 is 0 Å². The Morgan fingerprint density at radius 1 is 0.974 bits per heavy atom. The van der Waals surface area contributed by atoms with Gasteiger partial charge in [-0.25, -0.2) is 13.2 Å². The van der Waals surface area contributed by atoms with Crippen molar-refractivity contribution in [2.75, 3.05) is 26.2 Å². The number of urea groups is 1. The first-order valence-corrected chi connectivity index (χ1v) is 14.6. The van der Waals surface area contributed by atoms with Crippen LogP contribution < -0.4 is 10.0 Å². The molecule has 0 bridgehead atoms. The number of piperazine rings is 1. The molecule has 1 fully saturated rings. The molecule has 9 heteroatoms. The molecule has 0 radical (unpaired) electrons. The third-order valence-electron chi connectivity index (χ3n) is 6.92. The molecule has 0 spiro atoms. The topological polar surface area (TPSA) is 98.8 Å². The van der Waals surface area contributed by atoms with E-state index in [0.717, 1.165) is 29.2 Å². The van der Waals surface area contributed by atoms with E-state index in [2.05, 4.69) is 17.0 Å². The van der Waals surface area contributed by atoms with E-state index < -0.39 is 16.1 Å². The molecule has 4 rings (SSSR count). The summed E-state index contributed by atoms with van der Waals surface area (Å²) in [5, 5.41) is 4.68. The second-order valence-electron chi connectivity index (χ2n) is 9.78. The molecule has 2 atom stereocenters. The summed E-state index contributed by atoms with van der Waals surface area (Å²) in [5.41, 5.74) is 0.856. The fraction of sp³-hybridized carbons (Fsp3) is 0.379. The third kappa shape index (κ3) is 6.71. The molecule has 38 heavy (non-hydrogen) atoms. The van der Waals surface area contributed by atoms with E-state index >= 15 is 0 Å². The lowest BCUT2D eigenvalue weighted by molar-refractivity contribution is -0.135. The number of hydrogen-bond donors (Lipinski definition) is 2. The highest BCUT2D eigenvalue weighted by Gasteiger charge is 2.34. The van der Waals surface area contributed by atoms with Crippen molar-refractivity contribution in [1.29, 1.82) is 0 Å². The van der Waals surface area contributed by atoms with Crippen LogP contribution in [0.25, 0.3) is 10.8 Å². The monoisotopic (exact) mass is 536 g/mol. The number of nitrogens with one attached hydrogen (secondary N) is 2. The first-order valence-electron chi connectivity index (χ1n) is 13.2. The van der Waals surface area contributed by atoms with Crippen LogP contribution in [-0.4, -0.2) is 68.4 Å². The van der Waals surface area contributed by atoms with Crippen LogP contribution in [0.15, 0.2) is 77.7 Å². The Balaban J connectivity index is 1.52. The number of unbranched alkanes of at least 4 members (excludes halogenated alkanes) is 1. The van der Waals surface area contributed by atoms with Crippen molar-refractivity contribution in [2.45, 2.75) is 50.1 Å². The van der Waals surface area contributed by atoms with Gasteiger partial charge in [-0.15, -0.1) is 0 Å². The van der Waals surface area contributed by atoms with Crippen molar-refractivity contribution in [2.24, 2.45) is 0 Å². The predicted octanol–water partition coefficient (Wildman–Crippen LogP) is 3.77. The van der Waals surface area contributed by atoms with E-state index in [1.165, 1.54) is 0 Å². The van der Waals surface area contributed by atoms with Crippen LogP contribution in [0.2, 0.25) is 0 Å². The molecule has 0 saturated carbocycles. The minimum Gasteiger partial charge on any atom is -0.338 e. The van der Waals surface area contributed by atoms with Gasteiger partial charge < -0.3 is 15.1 Å². The molecule has 3 aromatic carbocycles. The molecule has 1 saturated heterocycles. The predicted molar refractivity (Wildman–Crippen MR) is 149 cm³/mol. The minimum atomic E-state index is -3.98. The number of amides is 3. The molecule has 1 aliphatic heterocycles. The first kappa shape index (κ1) is 27.6. The highest BCUT2D eigenvalue weighted by Crippen LogP contribution is 2.20. The second-order valence-corrected chi connectivity index (χ2v) is 11.5. The maximum absolute atomic E-state index is 13.7. The van der Waals surface area contributed by atoms with Crippen LogP contribution in [0.3, 0.4) is 0 Å². The van der Waals surface area contributed by atoms with Crippen molar-refractivity contribution in [3.8, 4) is 0 Å². The zero-order valence-corrected chi connectivity index (χ0v) is 22.8. The van der Waals surface area contributed by atoms with Gasteiger partial charge in [0.1, 0.15) is 6.04 Å². The summed E-state index contributed by atoms with van der Waals surface area (Å²) < 4.78 is 29.6. The average molecular weight is 537 g/mol. The Morgan fingerprint density at radius 3 is 2.39 bits per heavy atom. The zero-order valence-electron chi connectivity index (χ0n) is 22.0. The van der Waals surface area contributed by atoms with Crippen molar-refractivity contribution < 1.29 is 18.0 Å². The fourth-order valence-corrected chi connectivity index (χ4v) is 6.00. The Kier molecular flexibility index (Phi) is 9.01. The smallest absolute Gasteiger partial charge is 0.317 e. The van der Waals surface area contributed by atoms with Gasteiger partial charge in [-0.1, -0.05) is 74.0 Å². The maximum atomic E-state index is 13.7. The van der Waals surface area contributed by atoms with Crippen molar-refractivity contribution in [3.05, 3.63) is 78.4 Å². The zero-order chi connectivity index (χ0) is 27.1. The Labute approximate surface area is 225 Å². The SMILES string of the molecule is CCCCNC(=O)N1CCN(C(=O)C(Cc2ccccc2)NS(=O)(=O)c2ccc3ccccc3c2)CC1C. The number of sulfonamides is 1. The summed E-state index contributed by atoms with van der Waals surface area (Å²) >= 11 is 0. The lowest BCUT2D eigenvalue weighted by Crippen LogP contribution is -2.60. The number of benzene rings is 3. The second kappa shape index (κ2) is 12.4. The number of fused-ring (bicyclic) bond motifs is 1. The lowest BCUT2D eigenvalue weighted by atomic mass is 10.0. The van der Waals surface area contributed by atoms with E-state index in [1.54, 1.807) is 28.0 Å². The summed E-state index contributed by atoms with van der Waals surface area (Å²) in [4.78, 5) is 29.8. The molecular formula is C29H36N4O4S. The normalized spacial score (nSPS) is 16.8. The van der Waals surface area contributed by atoms with Crippen LogP contribution in [-0.2, 0) is 21.2 Å². The van der Waals surface area contributed by atoms with Crippen LogP contribution in [0, 0.1) is 0 Å². The van der Waals surface area contributed by atoms with Crippen LogP contribution in [0.5, 0.6) is 0 Å². The fourth-order valence-electron chi connectivity index (χ4n) is 4.77. The highest BCUT2D eigenvalue weighted by molar-refractivity contribution is 7.89. The molecule has 2 unspecified atom stereocenters. The Hall–Kier alpha value is -3.43. The first-order chi connectivity index (χ1) is 18.3. The molecule has 8 nitrogen and oxygen atoms in total. The summed E-state index contributed by atoms with van der Waals surface area (Å²) in [6.45, 7) is 5.66. The number of hydrogen-bond acceptors (Lipinski definition) is 4. The van der Waals surface area contributed by atoms with E-state index in [4.69, 9.17) is 0 Å². The summed E-state index contributed by atoms with van der Waals surface area (Å²) in [6.07, 6.45) is 2.13. The van der Waals surface area contributed by atoms with Crippen molar-refractivity contribution in [1.82, 2.24) is 19.8 Å². The van der Waals surface area contributed by atoms with Gasteiger partial charge in [-0.3, -0.25) is 4.79 Å². The van der Waals surface area contributed by atoms with Gasteiger partial charge >= 0.3 is 6.03 Å². The number of carbonyl (C=O) groups is 2. The number of rotatable bonds is 9. The summed E-state index contributed by atoms with van der Waals surface area (Å²) in [7, 11) is -3.98. The lowest BCUT2D eigenvalue weighted by Gasteiger charge is -2.41. The van der Waals surface area contributed by atoms with Crippen molar-refractivity contribution in [3.63, 3.8) is 0 Å². The quantitative estimate of drug-likeness (QED) is 0.407. The van der Waals surface area contributed by atoms with Crippen LogP contribution in [0.1, 0.15) is 32.3 Å². The van der Waals surface area contributed by atoms with Gasteiger partial charge in [0.15, 0.2) is 0 Å². The molecule has 202 valence electrons. The van der Waals surface area contributed by atoms with Gasteiger partial charge in [-0.05, 0) is 48.2 Å². The average Bonchev–Trinajstić information content (AvgIpc) is 2.92. The Morgan fingerprint density at radius 2 is 1.68 bits per heavy atom.